The monoisotopic (exact) mass is 264 g/mol. The van der Waals surface area contributed by atoms with E-state index in [1.807, 2.05) is 39.1 Å². The molecule has 0 amide bonds. The summed E-state index contributed by atoms with van der Waals surface area (Å²) < 4.78 is 0. The van der Waals surface area contributed by atoms with Crippen molar-refractivity contribution in [1.29, 1.82) is 0 Å². The molecule has 1 aromatic carbocycles. The van der Waals surface area contributed by atoms with Gasteiger partial charge in [-0.1, -0.05) is 44.2 Å². The molecule has 0 heterocycles. The number of hydrogen-bond acceptors (Lipinski definition) is 3. The summed E-state index contributed by atoms with van der Waals surface area (Å²) in [6.45, 7) is 9.48. The highest BCUT2D eigenvalue weighted by Crippen LogP contribution is 2.32. The molecule has 0 saturated heterocycles. The molecule has 0 aliphatic carbocycles. The van der Waals surface area contributed by atoms with Crippen LogP contribution in [0.4, 0.5) is 0 Å². The predicted octanol–water partition coefficient (Wildman–Crippen LogP) is 2.42. The topological polar surface area (TPSA) is 49.5 Å². The molecule has 3 N–H and O–H groups in total. The Balaban J connectivity index is 2.70. The van der Waals surface area contributed by atoms with Crippen molar-refractivity contribution in [2.45, 2.75) is 39.3 Å². The van der Waals surface area contributed by atoms with Gasteiger partial charge in [0, 0.05) is 19.1 Å². The van der Waals surface area contributed by atoms with Gasteiger partial charge in [0.15, 0.2) is 0 Å². The summed E-state index contributed by atoms with van der Waals surface area (Å²) in [6.07, 6.45) is 0. The van der Waals surface area contributed by atoms with Crippen LogP contribution in [0.15, 0.2) is 30.3 Å². The lowest BCUT2D eigenvalue weighted by atomic mass is 9.80. The van der Waals surface area contributed by atoms with Gasteiger partial charge in [-0.2, -0.15) is 0 Å². The van der Waals surface area contributed by atoms with Crippen molar-refractivity contribution in [3.63, 3.8) is 0 Å². The lowest BCUT2D eigenvalue weighted by Crippen LogP contribution is -2.44. The zero-order valence-electron chi connectivity index (χ0n) is 12.9. The first-order chi connectivity index (χ1) is 8.62. The second-order valence-electron chi connectivity index (χ2n) is 6.86. The molecule has 3 nitrogen and oxygen atoms in total. The Kier molecular flexibility index (Phi) is 5.13. The van der Waals surface area contributed by atoms with Crippen LogP contribution in [0.25, 0.3) is 0 Å². The number of hydrogen-bond donors (Lipinski definition) is 2. The Labute approximate surface area is 117 Å². The van der Waals surface area contributed by atoms with Crippen molar-refractivity contribution in [3.8, 4) is 0 Å². The molecule has 0 spiro atoms. The van der Waals surface area contributed by atoms with Crippen LogP contribution in [0, 0.1) is 5.41 Å². The summed E-state index contributed by atoms with van der Waals surface area (Å²) in [5.41, 5.74) is 6.82. The number of rotatable bonds is 6. The van der Waals surface area contributed by atoms with Crippen LogP contribution in [0.1, 0.15) is 39.3 Å². The molecule has 19 heavy (non-hydrogen) atoms. The van der Waals surface area contributed by atoms with Gasteiger partial charge in [0.25, 0.3) is 0 Å². The lowest BCUT2D eigenvalue weighted by Gasteiger charge is -2.37. The van der Waals surface area contributed by atoms with E-state index in [9.17, 15) is 5.11 Å². The Hall–Kier alpha value is -0.900. The summed E-state index contributed by atoms with van der Waals surface area (Å²) in [5.74, 6) is 0. The van der Waals surface area contributed by atoms with E-state index < -0.39 is 5.60 Å². The molecular weight excluding hydrogens is 236 g/mol. The third-order valence-electron chi connectivity index (χ3n) is 3.33. The zero-order chi connectivity index (χ0) is 14.7. The third-order valence-corrected chi connectivity index (χ3v) is 3.33. The standard InChI is InChI=1S/C16H28N2O/c1-15(2,11-18(5)12-16(3,4)19)14(17)13-9-7-6-8-10-13/h6-10,14,19H,11-12,17H2,1-5H3. The smallest absolute Gasteiger partial charge is 0.0718 e. The van der Waals surface area contributed by atoms with Crippen molar-refractivity contribution in [1.82, 2.24) is 4.90 Å². The molecule has 0 bridgehead atoms. The van der Waals surface area contributed by atoms with Gasteiger partial charge in [-0.25, -0.2) is 0 Å². The van der Waals surface area contributed by atoms with Crippen LogP contribution in [0.2, 0.25) is 0 Å². The fourth-order valence-corrected chi connectivity index (χ4v) is 2.62. The molecule has 0 aromatic heterocycles. The largest absolute Gasteiger partial charge is 0.389 e. The minimum absolute atomic E-state index is 0.0158. The molecular formula is C16H28N2O. The van der Waals surface area contributed by atoms with Crippen LogP contribution in [0.5, 0.6) is 0 Å². The van der Waals surface area contributed by atoms with Gasteiger partial charge < -0.3 is 15.7 Å². The molecule has 0 aliphatic heterocycles. The average Bonchev–Trinajstić information content (AvgIpc) is 2.25. The highest BCUT2D eigenvalue weighted by atomic mass is 16.3. The Morgan fingerprint density at radius 1 is 1.11 bits per heavy atom. The molecule has 0 aliphatic rings. The second-order valence-corrected chi connectivity index (χ2v) is 6.86. The first-order valence-electron chi connectivity index (χ1n) is 6.83. The van der Waals surface area contributed by atoms with Crippen molar-refractivity contribution in [3.05, 3.63) is 35.9 Å². The van der Waals surface area contributed by atoms with Crippen molar-refractivity contribution in [2.75, 3.05) is 20.1 Å². The second kappa shape index (κ2) is 6.04. The van der Waals surface area contributed by atoms with Gasteiger partial charge >= 0.3 is 0 Å². The van der Waals surface area contributed by atoms with Gasteiger partial charge in [0.05, 0.1) is 5.60 Å². The average molecular weight is 264 g/mol. The minimum atomic E-state index is -0.679. The third kappa shape index (κ3) is 5.31. The Bertz CT molecular complexity index is 381. The summed E-state index contributed by atoms with van der Waals surface area (Å²) >= 11 is 0. The maximum absolute atomic E-state index is 9.87. The molecule has 0 saturated carbocycles. The molecule has 108 valence electrons. The van der Waals surface area contributed by atoms with Crippen LogP contribution in [-0.2, 0) is 0 Å². The number of aliphatic hydroxyl groups is 1. The van der Waals surface area contributed by atoms with E-state index in [0.29, 0.717) is 6.54 Å². The molecule has 0 fully saturated rings. The molecule has 1 aromatic rings. The van der Waals surface area contributed by atoms with Gasteiger partial charge in [-0.3, -0.25) is 0 Å². The van der Waals surface area contributed by atoms with Crippen molar-refractivity contribution in [2.24, 2.45) is 11.1 Å². The quantitative estimate of drug-likeness (QED) is 0.829. The summed E-state index contributed by atoms with van der Waals surface area (Å²) in [4.78, 5) is 2.14. The Morgan fingerprint density at radius 2 is 1.63 bits per heavy atom. The fraction of sp³-hybridized carbons (Fsp3) is 0.625. The molecule has 0 radical (unpaired) electrons. The molecule has 1 atom stereocenters. The van der Waals surface area contributed by atoms with E-state index >= 15 is 0 Å². The fourth-order valence-electron chi connectivity index (χ4n) is 2.62. The van der Waals surface area contributed by atoms with Gasteiger partial charge in [0.2, 0.25) is 0 Å². The number of benzene rings is 1. The van der Waals surface area contributed by atoms with Crippen LogP contribution in [0.3, 0.4) is 0 Å². The van der Waals surface area contributed by atoms with Crippen LogP contribution in [-0.4, -0.2) is 35.7 Å². The van der Waals surface area contributed by atoms with E-state index in [2.05, 4.69) is 30.9 Å². The number of nitrogens with zero attached hydrogens (tertiary/aromatic N) is 1. The maximum Gasteiger partial charge on any atom is 0.0718 e. The van der Waals surface area contributed by atoms with E-state index in [4.69, 9.17) is 5.73 Å². The number of likely N-dealkylation sites (N-methyl/N-ethyl adjacent to an activating group) is 1. The zero-order valence-corrected chi connectivity index (χ0v) is 12.9. The number of nitrogens with two attached hydrogens (primary N) is 1. The van der Waals surface area contributed by atoms with E-state index in [1.165, 1.54) is 0 Å². The first-order valence-corrected chi connectivity index (χ1v) is 6.83. The molecule has 3 heteroatoms. The van der Waals surface area contributed by atoms with Crippen LogP contribution < -0.4 is 5.73 Å². The van der Waals surface area contributed by atoms with E-state index in [0.717, 1.165) is 12.1 Å². The molecule has 1 unspecified atom stereocenters. The predicted molar refractivity (Wildman–Crippen MR) is 80.9 cm³/mol. The molecule has 1 rings (SSSR count). The first kappa shape index (κ1) is 16.2. The van der Waals surface area contributed by atoms with Crippen molar-refractivity contribution < 1.29 is 5.11 Å². The minimum Gasteiger partial charge on any atom is -0.389 e. The van der Waals surface area contributed by atoms with Crippen LogP contribution >= 0.6 is 0 Å². The van der Waals surface area contributed by atoms with Crippen molar-refractivity contribution >= 4 is 0 Å². The van der Waals surface area contributed by atoms with Gasteiger partial charge in [0.1, 0.15) is 0 Å². The van der Waals surface area contributed by atoms with Gasteiger partial charge in [-0.15, -0.1) is 0 Å². The normalized spacial score (nSPS) is 14.7. The summed E-state index contributed by atoms with van der Waals surface area (Å²) in [7, 11) is 2.03. The summed E-state index contributed by atoms with van der Waals surface area (Å²) in [5, 5.41) is 9.87. The van der Waals surface area contributed by atoms with E-state index in [1.54, 1.807) is 0 Å². The highest BCUT2D eigenvalue weighted by molar-refractivity contribution is 5.20. The lowest BCUT2D eigenvalue weighted by molar-refractivity contribution is 0.0310. The maximum atomic E-state index is 9.87. The van der Waals surface area contributed by atoms with E-state index in [-0.39, 0.29) is 11.5 Å². The Morgan fingerprint density at radius 3 is 2.11 bits per heavy atom. The SMILES string of the molecule is CN(CC(C)(C)O)CC(C)(C)C(N)c1ccccc1. The van der Waals surface area contributed by atoms with Gasteiger partial charge in [-0.05, 0) is 31.9 Å². The summed E-state index contributed by atoms with van der Waals surface area (Å²) in [6, 6.07) is 10.2. The highest BCUT2D eigenvalue weighted by Gasteiger charge is 2.30.